The Morgan fingerprint density at radius 3 is 2.75 bits per heavy atom. The summed E-state index contributed by atoms with van der Waals surface area (Å²) in [7, 11) is 0. The first-order valence-electron chi connectivity index (χ1n) is 7.42. The van der Waals surface area contributed by atoms with Gasteiger partial charge < -0.3 is 4.74 Å². The SMILES string of the molecule is CCSc1ccccc1C(=O)OCCN1CCCCC1. The maximum Gasteiger partial charge on any atom is 0.339 e. The second kappa shape index (κ2) is 8.32. The van der Waals surface area contributed by atoms with Gasteiger partial charge in [-0.1, -0.05) is 25.5 Å². The zero-order chi connectivity index (χ0) is 14.2. The van der Waals surface area contributed by atoms with Crippen LogP contribution in [-0.4, -0.2) is 42.9 Å². The lowest BCUT2D eigenvalue weighted by Gasteiger charge is -2.25. The zero-order valence-corrected chi connectivity index (χ0v) is 13.0. The number of hydrogen-bond donors (Lipinski definition) is 0. The van der Waals surface area contributed by atoms with E-state index < -0.39 is 0 Å². The number of esters is 1. The number of likely N-dealkylation sites (tertiary alicyclic amines) is 1. The fourth-order valence-electron chi connectivity index (χ4n) is 2.44. The number of nitrogens with zero attached hydrogens (tertiary/aromatic N) is 1. The Kier molecular flexibility index (Phi) is 6.40. The van der Waals surface area contributed by atoms with Crippen molar-refractivity contribution in [3.8, 4) is 0 Å². The zero-order valence-electron chi connectivity index (χ0n) is 12.1. The molecule has 4 heteroatoms. The molecule has 1 aromatic carbocycles. The van der Waals surface area contributed by atoms with Crippen molar-refractivity contribution in [3.63, 3.8) is 0 Å². The maximum atomic E-state index is 12.1. The van der Waals surface area contributed by atoms with Gasteiger partial charge in [0.05, 0.1) is 5.56 Å². The van der Waals surface area contributed by atoms with Crippen LogP contribution in [-0.2, 0) is 4.74 Å². The van der Waals surface area contributed by atoms with Crippen LogP contribution in [0, 0.1) is 0 Å². The van der Waals surface area contributed by atoms with E-state index in [0.29, 0.717) is 12.2 Å². The topological polar surface area (TPSA) is 29.5 Å². The summed E-state index contributed by atoms with van der Waals surface area (Å²) in [6.45, 7) is 5.71. The Balaban J connectivity index is 1.82. The van der Waals surface area contributed by atoms with E-state index >= 15 is 0 Å². The van der Waals surface area contributed by atoms with Crippen molar-refractivity contribution in [2.45, 2.75) is 31.1 Å². The predicted molar refractivity (Wildman–Crippen MR) is 83.4 cm³/mol. The molecule has 1 fully saturated rings. The quantitative estimate of drug-likeness (QED) is 0.593. The Morgan fingerprint density at radius 1 is 1.25 bits per heavy atom. The van der Waals surface area contributed by atoms with Crippen LogP contribution in [0.15, 0.2) is 29.2 Å². The summed E-state index contributed by atoms with van der Waals surface area (Å²) in [6.07, 6.45) is 3.87. The molecule has 110 valence electrons. The predicted octanol–water partition coefficient (Wildman–Crippen LogP) is 3.44. The number of ether oxygens (including phenoxy) is 1. The molecule has 1 aliphatic heterocycles. The molecule has 0 unspecified atom stereocenters. The second-order valence-electron chi connectivity index (χ2n) is 4.97. The number of carbonyl (C=O) groups is 1. The molecule has 0 aliphatic carbocycles. The summed E-state index contributed by atoms with van der Waals surface area (Å²) in [6, 6.07) is 7.68. The molecule has 1 aromatic rings. The summed E-state index contributed by atoms with van der Waals surface area (Å²) in [4.78, 5) is 15.5. The van der Waals surface area contributed by atoms with Crippen molar-refractivity contribution in [3.05, 3.63) is 29.8 Å². The number of rotatable bonds is 6. The molecular formula is C16H23NO2S. The van der Waals surface area contributed by atoms with Crippen LogP contribution in [0.25, 0.3) is 0 Å². The molecule has 0 bridgehead atoms. The van der Waals surface area contributed by atoms with E-state index in [0.717, 1.165) is 30.3 Å². The van der Waals surface area contributed by atoms with E-state index in [2.05, 4.69) is 11.8 Å². The van der Waals surface area contributed by atoms with Gasteiger partial charge in [0, 0.05) is 11.4 Å². The summed E-state index contributed by atoms with van der Waals surface area (Å²) in [5.41, 5.74) is 0.693. The van der Waals surface area contributed by atoms with Crippen LogP contribution in [0.5, 0.6) is 0 Å². The van der Waals surface area contributed by atoms with Crippen molar-refractivity contribution in [2.24, 2.45) is 0 Å². The monoisotopic (exact) mass is 293 g/mol. The van der Waals surface area contributed by atoms with Gasteiger partial charge in [-0.3, -0.25) is 4.90 Å². The molecule has 2 rings (SSSR count). The van der Waals surface area contributed by atoms with Gasteiger partial charge in [0.1, 0.15) is 6.61 Å². The van der Waals surface area contributed by atoms with Gasteiger partial charge in [0.15, 0.2) is 0 Å². The third-order valence-corrected chi connectivity index (χ3v) is 4.45. The van der Waals surface area contributed by atoms with Gasteiger partial charge in [0.25, 0.3) is 0 Å². The number of thioether (sulfide) groups is 1. The molecule has 0 aromatic heterocycles. The van der Waals surface area contributed by atoms with Crippen molar-refractivity contribution >= 4 is 17.7 Å². The average molecular weight is 293 g/mol. The van der Waals surface area contributed by atoms with Crippen molar-refractivity contribution in [2.75, 3.05) is 32.0 Å². The number of benzene rings is 1. The van der Waals surface area contributed by atoms with Crippen LogP contribution < -0.4 is 0 Å². The lowest BCUT2D eigenvalue weighted by molar-refractivity contribution is 0.0448. The minimum absolute atomic E-state index is 0.196. The lowest BCUT2D eigenvalue weighted by atomic mass is 10.1. The first-order valence-corrected chi connectivity index (χ1v) is 8.41. The molecule has 1 saturated heterocycles. The molecule has 0 saturated carbocycles. The maximum absolute atomic E-state index is 12.1. The number of hydrogen-bond acceptors (Lipinski definition) is 4. The first-order chi connectivity index (χ1) is 9.81. The highest BCUT2D eigenvalue weighted by molar-refractivity contribution is 7.99. The van der Waals surface area contributed by atoms with Gasteiger partial charge in [-0.25, -0.2) is 4.79 Å². The van der Waals surface area contributed by atoms with Gasteiger partial charge in [-0.05, 0) is 43.8 Å². The first kappa shape index (κ1) is 15.4. The Bertz CT molecular complexity index is 430. The summed E-state index contributed by atoms with van der Waals surface area (Å²) in [5.74, 6) is 0.761. The van der Waals surface area contributed by atoms with E-state index in [1.165, 1.54) is 19.3 Å². The molecule has 0 spiro atoms. The minimum Gasteiger partial charge on any atom is -0.461 e. The summed E-state index contributed by atoms with van der Waals surface area (Å²) in [5, 5.41) is 0. The molecule has 1 aliphatic rings. The number of carbonyl (C=O) groups excluding carboxylic acids is 1. The summed E-state index contributed by atoms with van der Waals surface area (Å²) >= 11 is 1.68. The molecule has 0 atom stereocenters. The molecule has 0 N–H and O–H groups in total. The Labute approximate surface area is 125 Å². The van der Waals surface area contributed by atoms with Gasteiger partial charge >= 0.3 is 5.97 Å². The van der Waals surface area contributed by atoms with Crippen molar-refractivity contribution in [1.29, 1.82) is 0 Å². The van der Waals surface area contributed by atoms with E-state index in [1.807, 2.05) is 24.3 Å². The molecule has 0 amide bonds. The standard InChI is InChI=1S/C16H23NO2S/c1-2-20-15-9-5-4-8-14(15)16(18)19-13-12-17-10-6-3-7-11-17/h4-5,8-9H,2-3,6-7,10-13H2,1H3. The van der Waals surface area contributed by atoms with E-state index in [1.54, 1.807) is 11.8 Å². The molecule has 20 heavy (non-hydrogen) atoms. The van der Waals surface area contributed by atoms with Crippen LogP contribution in [0.1, 0.15) is 36.5 Å². The van der Waals surface area contributed by atoms with E-state index in [9.17, 15) is 4.79 Å². The highest BCUT2D eigenvalue weighted by atomic mass is 32.2. The minimum atomic E-state index is -0.196. The van der Waals surface area contributed by atoms with Gasteiger partial charge in [-0.15, -0.1) is 11.8 Å². The normalized spacial score (nSPS) is 16.1. The highest BCUT2D eigenvalue weighted by Gasteiger charge is 2.14. The lowest BCUT2D eigenvalue weighted by Crippen LogP contribution is -2.33. The summed E-state index contributed by atoms with van der Waals surface area (Å²) < 4.78 is 5.42. The molecule has 0 radical (unpaired) electrons. The van der Waals surface area contributed by atoms with Crippen LogP contribution in [0.4, 0.5) is 0 Å². The van der Waals surface area contributed by atoms with Crippen LogP contribution >= 0.6 is 11.8 Å². The molecule has 1 heterocycles. The largest absolute Gasteiger partial charge is 0.461 e. The average Bonchev–Trinajstić information content (AvgIpc) is 2.49. The third kappa shape index (κ3) is 4.53. The number of piperidine rings is 1. The highest BCUT2D eigenvalue weighted by Crippen LogP contribution is 2.22. The van der Waals surface area contributed by atoms with Gasteiger partial charge in [-0.2, -0.15) is 0 Å². The van der Waals surface area contributed by atoms with Crippen molar-refractivity contribution in [1.82, 2.24) is 4.90 Å². The third-order valence-electron chi connectivity index (χ3n) is 3.50. The Morgan fingerprint density at radius 2 is 2.00 bits per heavy atom. The van der Waals surface area contributed by atoms with Crippen molar-refractivity contribution < 1.29 is 9.53 Å². The molecular weight excluding hydrogens is 270 g/mol. The van der Waals surface area contributed by atoms with E-state index in [4.69, 9.17) is 4.74 Å². The van der Waals surface area contributed by atoms with E-state index in [-0.39, 0.29) is 5.97 Å². The smallest absolute Gasteiger partial charge is 0.339 e. The fourth-order valence-corrected chi connectivity index (χ4v) is 3.24. The van der Waals surface area contributed by atoms with Gasteiger partial charge in [0.2, 0.25) is 0 Å². The van der Waals surface area contributed by atoms with Crippen LogP contribution in [0.3, 0.4) is 0 Å². The second-order valence-corrected chi connectivity index (χ2v) is 6.27. The molecule has 3 nitrogen and oxygen atoms in total. The van der Waals surface area contributed by atoms with Crippen LogP contribution in [0.2, 0.25) is 0 Å². The fraction of sp³-hybridized carbons (Fsp3) is 0.562. The Hall–Kier alpha value is -1.00.